The summed E-state index contributed by atoms with van der Waals surface area (Å²) in [7, 11) is 0. The molecule has 2 heterocycles. The predicted molar refractivity (Wildman–Crippen MR) is 82.3 cm³/mol. The largest absolute Gasteiger partial charge is 0.457 e. The zero-order valence-electron chi connectivity index (χ0n) is 13.3. The van der Waals surface area contributed by atoms with Gasteiger partial charge in [0.25, 0.3) is 0 Å². The van der Waals surface area contributed by atoms with Crippen molar-refractivity contribution < 1.29 is 19.1 Å². The molecule has 0 aromatic carbocycles. The Labute approximate surface area is 132 Å². The summed E-state index contributed by atoms with van der Waals surface area (Å²) in [5.41, 5.74) is 0. The van der Waals surface area contributed by atoms with Crippen molar-refractivity contribution in [3.05, 3.63) is 0 Å². The van der Waals surface area contributed by atoms with E-state index in [9.17, 15) is 9.59 Å². The third-order valence-corrected chi connectivity index (χ3v) is 4.60. The molecule has 2 aliphatic rings. The quantitative estimate of drug-likeness (QED) is 0.559. The Morgan fingerprint density at radius 2 is 1.09 bits per heavy atom. The lowest BCUT2D eigenvalue weighted by Crippen LogP contribution is -2.29. The predicted octanol–water partition coefficient (Wildman–Crippen LogP) is 0.852. The van der Waals surface area contributed by atoms with E-state index in [2.05, 4.69) is 10.6 Å². The summed E-state index contributed by atoms with van der Waals surface area (Å²) in [5.74, 6) is -0.520. The molecular formula is C16H28N2O4. The molecule has 6 nitrogen and oxygen atoms in total. The summed E-state index contributed by atoms with van der Waals surface area (Å²) in [6.45, 7) is 4.73. The van der Waals surface area contributed by atoms with Crippen molar-refractivity contribution in [2.24, 2.45) is 11.8 Å². The molecule has 0 aromatic heterocycles. The fraction of sp³-hybridized carbons (Fsp3) is 0.875. The topological polar surface area (TPSA) is 76.7 Å². The maximum atomic E-state index is 11.5. The molecule has 2 rings (SSSR count). The van der Waals surface area contributed by atoms with Gasteiger partial charge in [0.2, 0.25) is 0 Å². The molecular weight excluding hydrogens is 284 g/mol. The van der Waals surface area contributed by atoms with Crippen molar-refractivity contribution in [2.45, 2.75) is 38.5 Å². The third-order valence-electron chi connectivity index (χ3n) is 4.60. The molecule has 0 unspecified atom stereocenters. The van der Waals surface area contributed by atoms with Gasteiger partial charge in [-0.3, -0.25) is 0 Å². The second kappa shape index (κ2) is 9.79. The molecule has 0 atom stereocenters. The van der Waals surface area contributed by atoms with Crippen LogP contribution in [0.3, 0.4) is 0 Å². The number of hydrogen-bond donors (Lipinski definition) is 2. The van der Waals surface area contributed by atoms with E-state index in [-0.39, 0.29) is 0 Å². The first kappa shape index (κ1) is 17.2. The van der Waals surface area contributed by atoms with E-state index in [0.717, 1.165) is 64.7 Å². The van der Waals surface area contributed by atoms with E-state index in [1.807, 2.05) is 0 Å². The van der Waals surface area contributed by atoms with Gasteiger partial charge in [-0.05, 0) is 76.5 Å². The van der Waals surface area contributed by atoms with E-state index in [4.69, 9.17) is 9.47 Å². The number of hydrogen-bond acceptors (Lipinski definition) is 6. The lowest BCUT2D eigenvalue weighted by molar-refractivity contribution is -0.168. The van der Waals surface area contributed by atoms with Gasteiger partial charge in [-0.1, -0.05) is 0 Å². The van der Waals surface area contributed by atoms with Crippen molar-refractivity contribution in [1.82, 2.24) is 10.6 Å². The minimum absolute atomic E-state index is 0.312. The molecule has 0 saturated carbocycles. The van der Waals surface area contributed by atoms with E-state index in [0.29, 0.717) is 25.0 Å². The fourth-order valence-corrected chi connectivity index (χ4v) is 3.10. The molecule has 0 bridgehead atoms. The zero-order valence-corrected chi connectivity index (χ0v) is 13.3. The Morgan fingerprint density at radius 3 is 1.45 bits per heavy atom. The van der Waals surface area contributed by atoms with Gasteiger partial charge in [-0.2, -0.15) is 0 Å². The molecule has 0 spiro atoms. The highest BCUT2D eigenvalue weighted by Gasteiger charge is 2.20. The smallest absolute Gasteiger partial charge is 0.417 e. The van der Waals surface area contributed by atoms with E-state index < -0.39 is 11.9 Å². The Bertz CT molecular complexity index is 316. The molecule has 22 heavy (non-hydrogen) atoms. The van der Waals surface area contributed by atoms with E-state index in [1.165, 1.54) is 0 Å². The first-order valence-corrected chi connectivity index (χ1v) is 8.51. The van der Waals surface area contributed by atoms with Crippen LogP contribution in [0.15, 0.2) is 0 Å². The Kier molecular flexibility index (Phi) is 7.66. The molecule has 2 saturated heterocycles. The number of piperidine rings is 2. The summed E-state index contributed by atoms with van der Waals surface area (Å²) in [4.78, 5) is 23.1. The molecule has 0 radical (unpaired) electrons. The van der Waals surface area contributed by atoms with Crippen molar-refractivity contribution in [2.75, 3.05) is 39.4 Å². The van der Waals surface area contributed by atoms with Crippen molar-refractivity contribution >= 4 is 11.9 Å². The first-order valence-electron chi connectivity index (χ1n) is 8.51. The highest BCUT2D eigenvalue weighted by Crippen LogP contribution is 2.16. The van der Waals surface area contributed by atoms with Crippen LogP contribution in [0.5, 0.6) is 0 Å². The molecule has 2 N–H and O–H groups in total. The molecule has 2 fully saturated rings. The standard InChI is InChI=1S/C16H28N2O4/c19-15(21-11-5-13-1-7-17-8-2-13)16(20)22-12-6-14-3-9-18-10-4-14/h13-14,17-18H,1-12H2. The monoisotopic (exact) mass is 312 g/mol. The molecule has 0 aromatic rings. The number of carbonyl (C=O) groups is 2. The minimum Gasteiger partial charge on any atom is -0.457 e. The van der Waals surface area contributed by atoms with Crippen molar-refractivity contribution in [3.8, 4) is 0 Å². The van der Waals surface area contributed by atoms with Crippen LogP contribution < -0.4 is 10.6 Å². The Hall–Kier alpha value is -1.14. The normalized spacial score (nSPS) is 20.5. The van der Waals surface area contributed by atoms with E-state index in [1.54, 1.807) is 0 Å². The van der Waals surface area contributed by atoms with Crippen LogP contribution in [-0.4, -0.2) is 51.3 Å². The van der Waals surface area contributed by atoms with Crippen LogP contribution in [0.25, 0.3) is 0 Å². The van der Waals surface area contributed by atoms with Crippen LogP contribution >= 0.6 is 0 Å². The van der Waals surface area contributed by atoms with E-state index >= 15 is 0 Å². The number of nitrogens with one attached hydrogen (secondary N) is 2. The van der Waals surface area contributed by atoms with Gasteiger partial charge in [0, 0.05) is 0 Å². The highest BCUT2D eigenvalue weighted by molar-refractivity contribution is 6.29. The van der Waals surface area contributed by atoms with Gasteiger partial charge < -0.3 is 20.1 Å². The van der Waals surface area contributed by atoms with Crippen LogP contribution in [0, 0.1) is 11.8 Å². The molecule has 6 heteroatoms. The molecule has 2 aliphatic heterocycles. The SMILES string of the molecule is O=C(OCCC1CCNCC1)C(=O)OCCC1CCNCC1. The van der Waals surface area contributed by atoms with Crippen LogP contribution in [0.1, 0.15) is 38.5 Å². The number of rotatable bonds is 6. The second-order valence-corrected chi connectivity index (χ2v) is 6.24. The van der Waals surface area contributed by atoms with Crippen molar-refractivity contribution in [3.63, 3.8) is 0 Å². The third kappa shape index (κ3) is 6.32. The fourth-order valence-electron chi connectivity index (χ4n) is 3.10. The van der Waals surface area contributed by atoms with Gasteiger partial charge in [0.1, 0.15) is 0 Å². The molecule has 0 amide bonds. The Balaban J connectivity index is 1.51. The van der Waals surface area contributed by atoms with Gasteiger partial charge in [-0.15, -0.1) is 0 Å². The summed E-state index contributed by atoms with van der Waals surface area (Å²) < 4.78 is 10.0. The summed E-state index contributed by atoms with van der Waals surface area (Å²) >= 11 is 0. The minimum atomic E-state index is -0.848. The molecule has 126 valence electrons. The average Bonchev–Trinajstić information content (AvgIpc) is 2.56. The average molecular weight is 312 g/mol. The summed E-state index contributed by atoms with van der Waals surface area (Å²) in [6, 6.07) is 0. The molecule has 0 aliphatic carbocycles. The summed E-state index contributed by atoms with van der Waals surface area (Å²) in [5, 5.41) is 6.59. The summed E-state index contributed by atoms with van der Waals surface area (Å²) in [6.07, 6.45) is 6.10. The van der Waals surface area contributed by atoms with Crippen LogP contribution in [0.4, 0.5) is 0 Å². The first-order chi connectivity index (χ1) is 10.8. The Morgan fingerprint density at radius 1 is 0.727 bits per heavy atom. The maximum absolute atomic E-state index is 11.5. The lowest BCUT2D eigenvalue weighted by atomic mass is 9.95. The maximum Gasteiger partial charge on any atom is 0.417 e. The van der Waals surface area contributed by atoms with Crippen molar-refractivity contribution in [1.29, 1.82) is 0 Å². The highest BCUT2D eigenvalue weighted by atomic mass is 16.6. The number of esters is 2. The zero-order chi connectivity index (χ0) is 15.6. The van der Waals surface area contributed by atoms with Gasteiger partial charge in [0.15, 0.2) is 0 Å². The van der Waals surface area contributed by atoms with Crippen LogP contribution in [0.2, 0.25) is 0 Å². The van der Waals surface area contributed by atoms with Gasteiger partial charge in [-0.25, -0.2) is 9.59 Å². The van der Waals surface area contributed by atoms with Gasteiger partial charge in [0.05, 0.1) is 13.2 Å². The second-order valence-electron chi connectivity index (χ2n) is 6.24. The van der Waals surface area contributed by atoms with Crippen LogP contribution in [-0.2, 0) is 19.1 Å². The number of ether oxygens (including phenoxy) is 2. The number of carbonyl (C=O) groups excluding carboxylic acids is 2. The lowest BCUT2D eigenvalue weighted by Gasteiger charge is -2.22. The van der Waals surface area contributed by atoms with Gasteiger partial charge >= 0.3 is 11.9 Å².